The third kappa shape index (κ3) is 4.18. The number of hydrogen-bond donors (Lipinski definition) is 3. The van der Waals surface area contributed by atoms with Gasteiger partial charge in [-0.1, -0.05) is 12.1 Å². The molecule has 0 saturated heterocycles. The molecule has 5 N–H and O–H groups in total. The highest BCUT2D eigenvalue weighted by Gasteiger charge is 2.12. The van der Waals surface area contributed by atoms with Crippen molar-refractivity contribution >= 4 is 34.1 Å². The molecule has 0 bridgehead atoms. The molecular weight excluding hydrogens is 378 g/mol. The molecule has 0 aliphatic heterocycles. The van der Waals surface area contributed by atoms with Crippen LogP contribution in [-0.4, -0.2) is 20.9 Å². The van der Waals surface area contributed by atoms with E-state index in [1.165, 1.54) is 11.9 Å². The van der Waals surface area contributed by atoms with Crippen molar-refractivity contribution in [2.45, 2.75) is 13.5 Å². The number of aromatic nitrogens is 3. The molecule has 150 valence electrons. The van der Waals surface area contributed by atoms with Crippen molar-refractivity contribution in [1.29, 1.82) is 0 Å². The second-order valence-electron chi connectivity index (χ2n) is 6.88. The molecule has 0 spiro atoms. The van der Waals surface area contributed by atoms with E-state index in [4.69, 9.17) is 11.6 Å². The van der Waals surface area contributed by atoms with Gasteiger partial charge in [-0.3, -0.25) is 14.8 Å². The highest BCUT2D eigenvalue weighted by Crippen LogP contribution is 2.26. The van der Waals surface area contributed by atoms with Crippen LogP contribution in [0.25, 0.3) is 22.2 Å². The molecule has 8 heteroatoms. The van der Waals surface area contributed by atoms with E-state index < -0.39 is 0 Å². The Hall–Kier alpha value is -4.04. The third-order valence-corrected chi connectivity index (χ3v) is 4.56. The first kappa shape index (κ1) is 19.3. The molecule has 4 rings (SSSR count). The fraction of sp³-hybridized carbons (Fsp3) is 0.0909. The van der Waals surface area contributed by atoms with Crippen molar-refractivity contribution in [3.8, 4) is 11.3 Å². The summed E-state index contributed by atoms with van der Waals surface area (Å²) in [5.74, 6) is 7.09. The summed E-state index contributed by atoms with van der Waals surface area (Å²) in [6, 6.07) is 17.0. The van der Waals surface area contributed by atoms with Crippen LogP contribution in [0.2, 0.25) is 0 Å². The van der Waals surface area contributed by atoms with Gasteiger partial charge in [-0.25, -0.2) is 15.8 Å². The summed E-state index contributed by atoms with van der Waals surface area (Å²) < 4.78 is 0. The number of rotatable bonds is 5. The Morgan fingerprint density at radius 3 is 2.73 bits per heavy atom. The number of amides is 1. The lowest BCUT2D eigenvalue weighted by atomic mass is 10.1. The highest BCUT2D eigenvalue weighted by atomic mass is 16.1. The van der Waals surface area contributed by atoms with Crippen molar-refractivity contribution in [1.82, 2.24) is 15.0 Å². The van der Waals surface area contributed by atoms with Gasteiger partial charge >= 0.3 is 0 Å². The Bertz CT molecular complexity index is 1210. The first-order chi connectivity index (χ1) is 14.5. The number of nitrogens with two attached hydrogens (primary N) is 2. The normalized spacial score (nSPS) is 10.7. The number of nitrogens with zero attached hydrogens (tertiary/aromatic N) is 4. The van der Waals surface area contributed by atoms with Crippen LogP contribution in [0.3, 0.4) is 0 Å². The van der Waals surface area contributed by atoms with E-state index >= 15 is 0 Å². The highest BCUT2D eigenvalue weighted by molar-refractivity contribution is 5.87. The van der Waals surface area contributed by atoms with Gasteiger partial charge in [-0.05, 0) is 48.0 Å². The number of nitrogens with one attached hydrogen (secondary N) is 1. The topological polar surface area (TPSA) is 123 Å². The van der Waals surface area contributed by atoms with Crippen LogP contribution in [-0.2, 0) is 11.3 Å². The van der Waals surface area contributed by atoms with Gasteiger partial charge in [0.15, 0.2) is 5.82 Å². The van der Waals surface area contributed by atoms with Gasteiger partial charge in [0.1, 0.15) is 5.82 Å². The molecule has 0 aliphatic rings. The maximum absolute atomic E-state index is 11.1. The fourth-order valence-corrected chi connectivity index (χ4v) is 3.14. The Balaban J connectivity index is 1.58. The van der Waals surface area contributed by atoms with E-state index in [2.05, 4.69) is 20.3 Å². The fourth-order valence-electron chi connectivity index (χ4n) is 3.14. The summed E-state index contributed by atoms with van der Waals surface area (Å²) in [5.41, 5.74) is 10.0. The number of carbonyl (C=O) groups is 1. The molecule has 0 radical (unpaired) electrons. The molecule has 0 fully saturated rings. The predicted molar refractivity (Wildman–Crippen MR) is 118 cm³/mol. The number of nitrogen functional groups attached to an aromatic ring is 1. The molecule has 0 saturated carbocycles. The Kier molecular flexibility index (Phi) is 5.23. The summed E-state index contributed by atoms with van der Waals surface area (Å²) >= 11 is 0. The van der Waals surface area contributed by atoms with E-state index in [-0.39, 0.29) is 5.91 Å². The Morgan fingerprint density at radius 2 is 1.97 bits per heavy atom. The van der Waals surface area contributed by atoms with Gasteiger partial charge in [0.2, 0.25) is 5.91 Å². The zero-order valence-electron chi connectivity index (χ0n) is 16.4. The molecule has 0 atom stereocenters. The van der Waals surface area contributed by atoms with E-state index in [0.717, 1.165) is 22.0 Å². The SMILES string of the molecule is CC(=O)Nc1ccc(-c2ccc(N)c(N(N)Cc3ccc4ncccc4c3)n2)cn1. The largest absolute Gasteiger partial charge is 0.396 e. The summed E-state index contributed by atoms with van der Waals surface area (Å²) in [7, 11) is 0. The van der Waals surface area contributed by atoms with E-state index in [0.29, 0.717) is 29.6 Å². The monoisotopic (exact) mass is 399 g/mol. The van der Waals surface area contributed by atoms with Gasteiger partial charge in [0, 0.05) is 30.3 Å². The summed E-state index contributed by atoms with van der Waals surface area (Å²) in [5, 5.41) is 5.21. The Morgan fingerprint density at radius 1 is 1.10 bits per heavy atom. The van der Waals surface area contributed by atoms with Gasteiger partial charge in [-0.15, -0.1) is 0 Å². The van der Waals surface area contributed by atoms with Crippen molar-refractivity contribution in [2.24, 2.45) is 5.84 Å². The van der Waals surface area contributed by atoms with Crippen molar-refractivity contribution in [3.63, 3.8) is 0 Å². The summed E-state index contributed by atoms with van der Waals surface area (Å²) in [6.45, 7) is 1.87. The number of benzene rings is 1. The van der Waals surface area contributed by atoms with Crippen LogP contribution in [0.1, 0.15) is 12.5 Å². The molecule has 0 aliphatic carbocycles. The van der Waals surface area contributed by atoms with Crippen LogP contribution in [0.15, 0.2) is 67.0 Å². The van der Waals surface area contributed by atoms with Crippen LogP contribution in [0.4, 0.5) is 17.3 Å². The van der Waals surface area contributed by atoms with Crippen LogP contribution < -0.4 is 21.9 Å². The van der Waals surface area contributed by atoms with Gasteiger partial charge in [0.25, 0.3) is 0 Å². The minimum atomic E-state index is -0.175. The molecule has 4 aromatic rings. The number of anilines is 3. The second kappa shape index (κ2) is 8.14. The summed E-state index contributed by atoms with van der Waals surface area (Å²) in [6.07, 6.45) is 3.41. The van der Waals surface area contributed by atoms with Crippen molar-refractivity contribution in [3.05, 3.63) is 72.6 Å². The lowest BCUT2D eigenvalue weighted by Crippen LogP contribution is -2.31. The molecule has 30 heavy (non-hydrogen) atoms. The zero-order valence-corrected chi connectivity index (χ0v) is 16.4. The lowest BCUT2D eigenvalue weighted by Gasteiger charge is -2.20. The number of pyridine rings is 3. The van der Waals surface area contributed by atoms with Crippen molar-refractivity contribution < 1.29 is 4.79 Å². The van der Waals surface area contributed by atoms with E-state index in [1.54, 1.807) is 24.5 Å². The lowest BCUT2D eigenvalue weighted by molar-refractivity contribution is -0.114. The molecule has 8 nitrogen and oxygen atoms in total. The van der Waals surface area contributed by atoms with E-state index in [9.17, 15) is 4.79 Å². The number of hydrogen-bond acceptors (Lipinski definition) is 7. The van der Waals surface area contributed by atoms with Crippen LogP contribution >= 0.6 is 0 Å². The molecular formula is C22H21N7O. The van der Waals surface area contributed by atoms with Gasteiger partial charge in [0.05, 0.1) is 23.4 Å². The maximum atomic E-state index is 11.1. The standard InChI is InChI=1S/C22H21N7O/c1-14(30)27-21-9-5-17(12-26-21)20-8-6-18(23)22(28-20)29(24)13-15-4-7-19-16(11-15)3-2-10-25-19/h2-12H,13,23-24H2,1H3,(H,26,27,30). The molecule has 1 aromatic carbocycles. The first-order valence-electron chi connectivity index (χ1n) is 9.36. The van der Waals surface area contributed by atoms with Gasteiger partial charge < -0.3 is 11.1 Å². The number of hydrazine groups is 1. The smallest absolute Gasteiger partial charge is 0.222 e. The van der Waals surface area contributed by atoms with Crippen molar-refractivity contribution in [2.75, 3.05) is 16.1 Å². The van der Waals surface area contributed by atoms with Gasteiger partial charge in [-0.2, -0.15) is 0 Å². The second-order valence-corrected chi connectivity index (χ2v) is 6.88. The first-order valence-corrected chi connectivity index (χ1v) is 9.36. The molecule has 3 aromatic heterocycles. The maximum Gasteiger partial charge on any atom is 0.222 e. The minimum absolute atomic E-state index is 0.175. The third-order valence-electron chi connectivity index (χ3n) is 4.56. The number of carbonyl (C=O) groups excluding carboxylic acids is 1. The van der Waals surface area contributed by atoms with Crippen LogP contribution in [0.5, 0.6) is 0 Å². The molecule has 0 unspecified atom stereocenters. The number of fused-ring (bicyclic) bond motifs is 1. The average molecular weight is 399 g/mol. The average Bonchev–Trinajstić information content (AvgIpc) is 2.74. The van der Waals surface area contributed by atoms with E-state index in [1.807, 2.05) is 42.5 Å². The van der Waals surface area contributed by atoms with Crippen LogP contribution in [0, 0.1) is 0 Å². The Labute approximate surface area is 173 Å². The predicted octanol–water partition coefficient (Wildman–Crippen LogP) is 3.11. The summed E-state index contributed by atoms with van der Waals surface area (Å²) in [4.78, 5) is 24.3. The zero-order chi connectivity index (χ0) is 21.1. The molecule has 1 amide bonds. The quantitative estimate of drug-likeness (QED) is 0.348. The minimum Gasteiger partial charge on any atom is -0.396 e. The molecule has 3 heterocycles.